The number of aromatic nitrogens is 2. The predicted octanol–water partition coefficient (Wildman–Crippen LogP) is 7.60. The van der Waals surface area contributed by atoms with Crippen LogP contribution in [0.1, 0.15) is 42.3 Å². The second kappa shape index (κ2) is 9.15. The lowest BCUT2D eigenvalue weighted by atomic mass is 9.86. The molecule has 5 rings (SSSR count). The van der Waals surface area contributed by atoms with Gasteiger partial charge in [0.2, 0.25) is 11.8 Å². The molecule has 0 aliphatic carbocycles. The van der Waals surface area contributed by atoms with Crippen LogP contribution >= 0.6 is 0 Å². The molecule has 0 radical (unpaired) electrons. The summed E-state index contributed by atoms with van der Waals surface area (Å²) in [6, 6.07) is 33.3. The Morgan fingerprint density at radius 3 is 1.51 bits per heavy atom. The Balaban J connectivity index is 1.31. The Morgan fingerprint density at radius 2 is 1.00 bits per heavy atom. The lowest BCUT2D eigenvalue weighted by Gasteiger charge is -2.19. The van der Waals surface area contributed by atoms with Crippen molar-refractivity contribution in [3.63, 3.8) is 0 Å². The Hall–Kier alpha value is -4.31. The van der Waals surface area contributed by atoms with Crippen LogP contribution in [0.4, 0.5) is 0 Å². The zero-order valence-electron chi connectivity index (χ0n) is 20.0. The summed E-state index contributed by atoms with van der Waals surface area (Å²) in [6.45, 7) is 6.50. The van der Waals surface area contributed by atoms with Gasteiger partial charge in [-0.25, -0.2) is 0 Å². The van der Waals surface area contributed by atoms with Gasteiger partial charge in [0.15, 0.2) is 5.78 Å². The molecule has 0 amide bonds. The summed E-state index contributed by atoms with van der Waals surface area (Å²) in [5, 5.41) is 8.35. The van der Waals surface area contributed by atoms with E-state index in [1.807, 2.05) is 103 Å². The van der Waals surface area contributed by atoms with Gasteiger partial charge in [-0.15, -0.1) is 10.2 Å². The van der Waals surface area contributed by atoms with Crippen molar-refractivity contribution in [2.75, 3.05) is 0 Å². The van der Waals surface area contributed by atoms with Crippen LogP contribution in [0, 0.1) is 0 Å². The molecule has 0 saturated carbocycles. The molecule has 0 saturated heterocycles. The number of rotatable bonds is 5. The summed E-state index contributed by atoms with van der Waals surface area (Å²) in [6.07, 6.45) is 0. The van der Waals surface area contributed by atoms with E-state index in [1.54, 1.807) is 0 Å². The fraction of sp³-hybridized carbons (Fsp3) is 0.129. The molecule has 0 aliphatic heterocycles. The molecule has 4 aromatic carbocycles. The smallest absolute Gasteiger partial charge is 0.248 e. The minimum absolute atomic E-state index is 0.0259. The van der Waals surface area contributed by atoms with Crippen molar-refractivity contribution in [2.45, 2.75) is 26.2 Å². The van der Waals surface area contributed by atoms with Crippen LogP contribution in [-0.4, -0.2) is 16.0 Å². The monoisotopic (exact) mass is 458 g/mol. The second-order valence-electron chi connectivity index (χ2n) is 9.59. The predicted molar refractivity (Wildman–Crippen MR) is 139 cm³/mol. The number of hydrogen-bond acceptors (Lipinski definition) is 4. The molecule has 0 spiro atoms. The van der Waals surface area contributed by atoms with E-state index < -0.39 is 0 Å². The van der Waals surface area contributed by atoms with Gasteiger partial charge in [0.25, 0.3) is 0 Å². The highest BCUT2D eigenvalue weighted by Gasteiger charge is 2.15. The number of ketones is 1. The molecular weight excluding hydrogens is 432 g/mol. The Morgan fingerprint density at radius 1 is 0.571 bits per heavy atom. The first-order valence-electron chi connectivity index (χ1n) is 11.6. The normalized spacial score (nSPS) is 11.4. The van der Waals surface area contributed by atoms with Crippen molar-refractivity contribution < 1.29 is 9.21 Å². The van der Waals surface area contributed by atoms with Crippen LogP contribution in [0.25, 0.3) is 34.0 Å². The minimum atomic E-state index is 0.0259. The molecule has 0 aliphatic rings. The van der Waals surface area contributed by atoms with E-state index in [2.05, 4.69) is 31.0 Å². The summed E-state index contributed by atoms with van der Waals surface area (Å²) in [7, 11) is 0. The third kappa shape index (κ3) is 4.82. The van der Waals surface area contributed by atoms with Crippen molar-refractivity contribution in [1.29, 1.82) is 0 Å². The van der Waals surface area contributed by atoms with Crippen LogP contribution in [-0.2, 0) is 5.41 Å². The third-order valence-corrected chi connectivity index (χ3v) is 6.07. The van der Waals surface area contributed by atoms with E-state index in [1.165, 1.54) is 5.56 Å². The van der Waals surface area contributed by atoms with Gasteiger partial charge in [-0.3, -0.25) is 4.79 Å². The molecule has 1 heterocycles. The fourth-order valence-corrected chi connectivity index (χ4v) is 3.94. The molecular formula is C31H26N2O2. The molecule has 4 heteroatoms. The van der Waals surface area contributed by atoms with E-state index in [-0.39, 0.29) is 11.2 Å². The van der Waals surface area contributed by atoms with E-state index in [4.69, 9.17) is 4.42 Å². The average molecular weight is 459 g/mol. The first-order chi connectivity index (χ1) is 16.9. The van der Waals surface area contributed by atoms with Gasteiger partial charge >= 0.3 is 0 Å². The van der Waals surface area contributed by atoms with Gasteiger partial charge in [-0.2, -0.15) is 0 Å². The highest BCUT2D eigenvalue weighted by atomic mass is 16.4. The summed E-state index contributed by atoms with van der Waals surface area (Å²) in [5.74, 6) is 1.00. The summed E-state index contributed by atoms with van der Waals surface area (Å²) in [5.41, 5.74) is 6.47. The van der Waals surface area contributed by atoms with Crippen molar-refractivity contribution in [2.24, 2.45) is 0 Å². The lowest BCUT2D eigenvalue weighted by molar-refractivity contribution is 0.103. The molecule has 0 atom stereocenters. The molecule has 0 unspecified atom stereocenters. The van der Waals surface area contributed by atoms with E-state index in [0.717, 1.165) is 22.3 Å². The minimum Gasteiger partial charge on any atom is -0.416 e. The zero-order valence-corrected chi connectivity index (χ0v) is 20.0. The Bertz CT molecular complexity index is 1440. The molecule has 172 valence electrons. The van der Waals surface area contributed by atoms with Gasteiger partial charge in [0, 0.05) is 22.3 Å². The maximum Gasteiger partial charge on any atom is 0.248 e. The van der Waals surface area contributed by atoms with Gasteiger partial charge in [0.05, 0.1) is 0 Å². The second-order valence-corrected chi connectivity index (χ2v) is 9.59. The van der Waals surface area contributed by atoms with Crippen molar-refractivity contribution in [1.82, 2.24) is 10.2 Å². The molecule has 5 aromatic rings. The standard InChI is InChI=1S/C31H26N2O2/c1-31(2,3)27-19-17-24(18-20-27)28(34)23-13-9-21(10-14-23)22-11-15-26(16-12-22)30-33-32-29(35-30)25-7-5-4-6-8-25/h4-20H,1-3H3. The molecule has 35 heavy (non-hydrogen) atoms. The van der Waals surface area contributed by atoms with E-state index >= 15 is 0 Å². The first kappa shape index (κ1) is 22.5. The summed E-state index contributed by atoms with van der Waals surface area (Å²) in [4.78, 5) is 12.9. The largest absolute Gasteiger partial charge is 0.416 e. The van der Waals surface area contributed by atoms with Crippen molar-refractivity contribution in [3.8, 4) is 34.0 Å². The summed E-state index contributed by atoms with van der Waals surface area (Å²) >= 11 is 0. The Labute approximate surface area is 205 Å². The van der Waals surface area contributed by atoms with Crippen LogP contribution in [0.5, 0.6) is 0 Å². The summed E-state index contributed by atoms with van der Waals surface area (Å²) < 4.78 is 5.85. The van der Waals surface area contributed by atoms with Gasteiger partial charge in [-0.05, 0) is 46.4 Å². The Kier molecular flexibility index (Phi) is 5.87. The van der Waals surface area contributed by atoms with Gasteiger partial charge in [0.1, 0.15) is 0 Å². The number of benzene rings is 4. The number of hydrogen-bond donors (Lipinski definition) is 0. The highest BCUT2D eigenvalue weighted by molar-refractivity contribution is 6.09. The average Bonchev–Trinajstić information content (AvgIpc) is 3.39. The van der Waals surface area contributed by atoms with E-state index in [9.17, 15) is 4.79 Å². The maximum atomic E-state index is 12.9. The van der Waals surface area contributed by atoms with Gasteiger partial charge < -0.3 is 4.42 Å². The van der Waals surface area contributed by atoms with Crippen molar-refractivity contribution >= 4 is 5.78 Å². The van der Waals surface area contributed by atoms with Crippen molar-refractivity contribution in [3.05, 3.63) is 120 Å². The van der Waals surface area contributed by atoms with Gasteiger partial charge in [-0.1, -0.05) is 99.6 Å². The van der Waals surface area contributed by atoms with Crippen LogP contribution in [0.15, 0.2) is 108 Å². The number of carbonyl (C=O) groups is 1. The molecule has 0 N–H and O–H groups in total. The topological polar surface area (TPSA) is 56.0 Å². The zero-order chi connectivity index (χ0) is 24.4. The third-order valence-electron chi connectivity index (χ3n) is 6.07. The SMILES string of the molecule is CC(C)(C)c1ccc(C(=O)c2ccc(-c3ccc(-c4nnc(-c5ccccc5)o4)cc3)cc2)cc1. The number of carbonyl (C=O) groups excluding carboxylic acids is 1. The van der Waals surface area contributed by atoms with Crippen LogP contribution < -0.4 is 0 Å². The van der Waals surface area contributed by atoms with Crippen LogP contribution in [0.2, 0.25) is 0 Å². The molecule has 0 bridgehead atoms. The molecule has 0 fully saturated rings. The van der Waals surface area contributed by atoms with E-state index in [0.29, 0.717) is 22.9 Å². The quantitative estimate of drug-likeness (QED) is 0.254. The van der Waals surface area contributed by atoms with Crippen LogP contribution in [0.3, 0.4) is 0 Å². The fourth-order valence-electron chi connectivity index (χ4n) is 3.94. The highest BCUT2D eigenvalue weighted by Crippen LogP contribution is 2.28. The first-order valence-corrected chi connectivity index (χ1v) is 11.6. The lowest BCUT2D eigenvalue weighted by Crippen LogP contribution is -2.11. The number of nitrogens with zero attached hydrogens (tertiary/aromatic N) is 2. The molecule has 4 nitrogen and oxygen atoms in total. The molecule has 1 aromatic heterocycles. The maximum absolute atomic E-state index is 12.9.